The van der Waals surface area contributed by atoms with Crippen LogP contribution in [-0.4, -0.2) is 57.5 Å². The Morgan fingerprint density at radius 3 is 2.11 bits per heavy atom. The molecule has 36 heavy (non-hydrogen) atoms. The number of hydrogen-bond donors (Lipinski definition) is 1. The largest absolute Gasteiger partial charge is 0.481 e. The predicted molar refractivity (Wildman–Crippen MR) is 144 cm³/mol. The number of nitrogens with zero attached hydrogens (tertiary/aromatic N) is 3. The highest BCUT2D eigenvalue weighted by molar-refractivity contribution is 5.93. The number of aliphatic hydroxyl groups is 1. The molecule has 3 aromatic rings. The quantitative estimate of drug-likeness (QED) is 0.433. The van der Waals surface area contributed by atoms with Crippen molar-refractivity contribution >= 4 is 22.6 Å². The fourth-order valence-electron chi connectivity index (χ4n) is 3.58. The normalized spacial score (nSPS) is 13.0. The van der Waals surface area contributed by atoms with Crippen molar-refractivity contribution in [3.8, 4) is 17.0 Å². The van der Waals surface area contributed by atoms with Crippen LogP contribution >= 0.6 is 0 Å². The summed E-state index contributed by atoms with van der Waals surface area (Å²) in [4.78, 5) is 33.7. The smallest absolute Gasteiger partial charge is 0.272 e. The number of hydrogen-bond acceptors (Lipinski definition) is 6. The molecule has 1 aliphatic carbocycles. The van der Waals surface area contributed by atoms with Gasteiger partial charge in [-0.25, -0.2) is 4.98 Å². The minimum Gasteiger partial charge on any atom is -0.481 e. The summed E-state index contributed by atoms with van der Waals surface area (Å²) in [5.41, 5.74) is 2.50. The predicted octanol–water partition coefficient (Wildman–Crippen LogP) is 5.69. The van der Waals surface area contributed by atoms with Gasteiger partial charge in [0.1, 0.15) is 11.3 Å². The van der Waals surface area contributed by atoms with E-state index in [1.54, 1.807) is 13.3 Å². The molecule has 1 aromatic carbocycles. The van der Waals surface area contributed by atoms with Crippen molar-refractivity contribution in [2.24, 2.45) is 0 Å². The lowest BCUT2D eigenvalue weighted by atomic mass is 10.0. The van der Waals surface area contributed by atoms with Crippen LogP contribution < -0.4 is 4.74 Å². The summed E-state index contributed by atoms with van der Waals surface area (Å²) in [6, 6.07) is 13.7. The van der Waals surface area contributed by atoms with Gasteiger partial charge >= 0.3 is 0 Å². The maximum atomic E-state index is 12.7. The van der Waals surface area contributed by atoms with Gasteiger partial charge in [-0.1, -0.05) is 39.8 Å². The van der Waals surface area contributed by atoms with Gasteiger partial charge in [0, 0.05) is 36.3 Å². The first-order valence-corrected chi connectivity index (χ1v) is 12.7. The monoisotopic (exact) mass is 493 g/mol. The molecule has 194 valence electrons. The Balaban J connectivity index is 0.000000431. The number of carbonyl (C=O) groups is 2. The highest BCUT2D eigenvalue weighted by atomic mass is 16.5. The minimum absolute atomic E-state index is 0.0000523. The third kappa shape index (κ3) is 7.59. The number of rotatable bonds is 8. The molecule has 0 aliphatic heterocycles. The summed E-state index contributed by atoms with van der Waals surface area (Å²) in [5, 5.41) is 9.89. The second-order valence-electron chi connectivity index (χ2n) is 8.57. The number of carbonyl (C=O) groups excluding carboxylic acids is 2. The van der Waals surface area contributed by atoms with Crippen molar-refractivity contribution in [1.29, 1.82) is 0 Å². The highest BCUT2D eigenvalue weighted by Gasteiger charge is 2.44. The minimum atomic E-state index is -0.889. The Morgan fingerprint density at radius 2 is 1.64 bits per heavy atom. The van der Waals surface area contributed by atoms with Crippen molar-refractivity contribution in [1.82, 2.24) is 14.9 Å². The molecule has 1 N–H and O–H groups in total. The van der Waals surface area contributed by atoms with E-state index in [1.165, 1.54) is 6.92 Å². The first kappa shape index (κ1) is 28.9. The Morgan fingerprint density at radius 1 is 1.00 bits per heavy atom. The van der Waals surface area contributed by atoms with Gasteiger partial charge < -0.3 is 14.7 Å². The van der Waals surface area contributed by atoms with Crippen LogP contribution in [0.15, 0.2) is 48.7 Å². The molecular weight excluding hydrogens is 454 g/mol. The van der Waals surface area contributed by atoms with Crippen molar-refractivity contribution in [2.45, 2.75) is 65.9 Å². The lowest BCUT2D eigenvalue weighted by Crippen LogP contribution is -2.33. The van der Waals surface area contributed by atoms with Crippen LogP contribution in [0.1, 0.15) is 70.8 Å². The fourth-order valence-corrected chi connectivity index (χ4v) is 3.58. The molecule has 1 amide bonds. The van der Waals surface area contributed by atoms with Crippen molar-refractivity contribution in [3.63, 3.8) is 0 Å². The fraction of sp³-hybridized carbons (Fsp3) is 0.448. The first-order valence-electron chi connectivity index (χ1n) is 12.7. The summed E-state index contributed by atoms with van der Waals surface area (Å²) in [7, 11) is 1.61. The summed E-state index contributed by atoms with van der Waals surface area (Å²) in [6.07, 6.45) is 4.99. The van der Waals surface area contributed by atoms with Crippen LogP contribution in [-0.2, 0) is 4.79 Å². The van der Waals surface area contributed by atoms with Gasteiger partial charge in [-0.05, 0) is 62.4 Å². The molecule has 7 heteroatoms. The van der Waals surface area contributed by atoms with Gasteiger partial charge in [0.15, 0.2) is 5.78 Å². The molecule has 0 unspecified atom stereocenters. The maximum Gasteiger partial charge on any atom is 0.272 e. The molecule has 4 rings (SSSR count). The standard InChI is InChI=1S/C22H25N3O2.C5H8O2.C2H6/c1-4-12-25(13-5-2)22(26)20-10-7-18(15-23-20)16-6-9-19-17(14-16)8-11-21(24-19)27-3;1-4(6)5(7)2-3-5;1-2/h6-11,14-15H,4-5,12-13H2,1-3H3;7H,2-3H2,1H3;1-2H3. The van der Waals surface area contributed by atoms with Crippen LogP contribution in [0, 0.1) is 0 Å². The highest BCUT2D eigenvalue weighted by Crippen LogP contribution is 2.35. The number of pyridine rings is 2. The van der Waals surface area contributed by atoms with E-state index < -0.39 is 5.60 Å². The zero-order chi connectivity index (χ0) is 26.7. The van der Waals surface area contributed by atoms with E-state index in [9.17, 15) is 9.59 Å². The number of aromatic nitrogens is 2. The van der Waals surface area contributed by atoms with Gasteiger partial charge in [-0.15, -0.1) is 0 Å². The van der Waals surface area contributed by atoms with E-state index in [2.05, 4.69) is 29.9 Å². The van der Waals surface area contributed by atoms with Gasteiger partial charge in [-0.2, -0.15) is 0 Å². The number of fused-ring (bicyclic) bond motifs is 1. The average Bonchev–Trinajstić information content (AvgIpc) is 3.68. The molecule has 0 atom stereocenters. The van der Waals surface area contributed by atoms with E-state index in [0.717, 1.165) is 48.0 Å². The number of amides is 1. The number of ketones is 1. The first-order chi connectivity index (χ1) is 17.3. The molecule has 0 radical (unpaired) electrons. The molecule has 0 bridgehead atoms. The Bertz CT molecular complexity index is 1130. The van der Waals surface area contributed by atoms with Crippen molar-refractivity contribution in [3.05, 3.63) is 54.4 Å². The van der Waals surface area contributed by atoms with Crippen molar-refractivity contribution < 1.29 is 19.4 Å². The molecule has 2 aromatic heterocycles. The molecule has 2 heterocycles. The van der Waals surface area contributed by atoms with Gasteiger partial charge in [0.2, 0.25) is 5.88 Å². The molecular formula is C29H39N3O4. The molecule has 0 saturated heterocycles. The Kier molecular flexibility index (Phi) is 11.0. The van der Waals surface area contributed by atoms with E-state index in [-0.39, 0.29) is 11.7 Å². The van der Waals surface area contributed by atoms with E-state index in [0.29, 0.717) is 24.4 Å². The summed E-state index contributed by atoms with van der Waals surface area (Å²) in [5.74, 6) is 0.510. The Labute approximate surface area is 214 Å². The maximum absolute atomic E-state index is 12.7. The number of benzene rings is 1. The molecule has 1 aliphatic rings. The molecule has 1 fully saturated rings. The molecule has 0 spiro atoms. The topological polar surface area (TPSA) is 92.6 Å². The summed E-state index contributed by atoms with van der Waals surface area (Å²) in [6.45, 7) is 11.1. The van der Waals surface area contributed by atoms with Gasteiger partial charge in [0.05, 0.1) is 12.6 Å². The van der Waals surface area contributed by atoms with E-state index in [1.807, 2.05) is 55.1 Å². The van der Waals surface area contributed by atoms with Crippen LogP contribution in [0.3, 0.4) is 0 Å². The summed E-state index contributed by atoms with van der Waals surface area (Å²) >= 11 is 0. The summed E-state index contributed by atoms with van der Waals surface area (Å²) < 4.78 is 5.17. The van der Waals surface area contributed by atoms with Crippen LogP contribution in [0.2, 0.25) is 0 Å². The second-order valence-corrected chi connectivity index (χ2v) is 8.57. The van der Waals surface area contributed by atoms with Crippen molar-refractivity contribution in [2.75, 3.05) is 20.2 Å². The number of Topliss-reactive ketones (excluding diaryl/α,β-unsaturated/α-hetero) is 1. The zero-order valence-corrected chi connectivity index (χ0v) is 22.4. The van der Waals surface area contributed by atoms with Gasteiger partial charge in [0.25, 0.3) is 5.91 Å². The van der Waals surface area contributed by atoms with Gasteiger partial charge in [-0.3, -0.25) is 14.6 Å². The number of ether oxygens (including phenoxy) is 1. The third-order valence-electron chi connectivity index (χ3n) is 5.84. The average molecular weight is 494 g/mol. The van der Waals surface area contributed by atoms with Crippen LogP contribution in [0.5, 0.6) is 5.88 Å². The zero-order valence-electron chi connectivity index (χ0n) is 22.4. The van der Waals surface area contributed by atoms with Crippen LogP contribution in [0.25, 0.3) is 22.0 Å². The SMILES string of the molecule is CC.CC(=O)C1(O)CC1.CCCN(CCC)C(=O)c1ccc(-c2ccc3nc(OC)ccc3c2)cn1. The van der Waals surface area contributed by atoms with E-state index in [4.69, 9.17) is 9.84 Å². The second kappa shape index (κ2) is 13.7. The molecule has 7 nitrogen and oxygen atoms in total. The lowest BCUT2D eigenvalue weighted by Gasteiger charge is -2.21. The molecule has 1 saturated carbocycles. The van der Waals surface area contributed by atoms with E-state index >= 15 is 0 Å². The Hall–Kier alpha value is -3.32. The number of methoxy groups -OCH3 is 1. The lowest BCUT2D eigenvalue weighted by molar-refractivity contribution is -0.126. The van der Waals surface area contributed by atoms with Crippen LogP contribution in [0.4, 0.5) is 0 Å². The third-order valence-corrected chi connectivity index (χ3v) is 5.84.